The Morgan fingerprint density at radius 3 is 2.38 bits per heavy atom. The van der Waals surface area contributed by atoms with Crippen molar-refractivity contribution in [1.82, 2.24) is 5.32 Å². The molecule has 0 saturated heterocycles. The molecule has 0 saturated carbocycles. The number of hydrogen-bond acceptors (Lipinski definition) is 2. The summed E-state index contributed by atoms with van der Waals surface area (Å²) in [5.74, 6) is 2.31. The van der Waals surface area contributed by atoms with Gasteiger partial charge in [-0.1, -0.05) is 5.92 Å². The maximum atomic E-state index is 11.7. The highest BCUT2D eigenvalue weighted by atomic mass is 16.1. The number of nitrogens with one attached hydrogen (secondary N) is 1. The third kappa shape index (κ3) is 3.03. The van der Waals surface area contributed by atoms with Crippen LogP contribution in [0.2, 0.25) is 0 Å². The highest BCUT2D eigenvalue weighted by Gasteiger charge is 2.07. The molecule has 0 aromatic heterocycles. The van der Waals surface area contributed by atoms with Crippen LogP contribution in [-0.2, 0) is 0 Å². The van der Waals surface area contributed by atoms with Gasteiger partial charge in [0.15, 0.2) is 0 Å². The van der Waals surface area contributed by atoms with Crippen LogP contribution in [0.5, 0.6) is 0 Å². The molecule has 1 aromatic rings. The SMILES string of the molecule is C#CC(C)NC(=O)c1ccc(N(C)C)cc1. The molecule has 1 unspecified atom stereocenters. The Hall–Kier alpha value is -1.95. The monoisotopic (exact) mass is 216 g/mol. The van der Waals surface area contributed by atoms with Crippen LogP contribution in [0.1, 0.15) is 17.3 Å². The number of hydrogen-bond donors (Lipinski definition) is 1. The van der Waals surface area contributed by atoms with E-state index in [1.807, 2.05) is 31.1 Å². The predicted molar refractivity (Wildman–Crippen MR) is 66.5 cm³/mol. The van der Waals surface area contributed by atoms with E-state index in [9.17, 15) is 4.79 Å². The molecule has 1 amide bonds. The summed E-state index contributed by atoms with van der Waals surface area (Å²) in [5, 5.41) is 2.71. The lowest BCUT2D eigenvalue weighted by Gasteiger charge is -2.13. The van der Waals surface area contributed by atoms with Crippen molar-refractivity contribution in [2.45, 2.75) is 13.0 Å². The number of benzene rings is 1. The van der Waals surface area contributed by atoms with Crippen LogP contribution < -0.4 is 10.2 Å². The summed E-state index contributed by atoms with van der Waals surface area (Å²) < 4.78 is 0. The van der Waals surface area contributed by atoms with Crippen molar-refractivity contribution < 1.29 is 4.79 Å². The van der Waals surface area contributed by atoms with Crippen molar-refractivity contribution in [3.63, 3.8) is 0 Å². The van der Waals surface area contributed by atoms with Gasteiger partial charge in [-0.2, -0.15) is 0 Å². The fourth-order valence-electron chi connectivity index (χ4n) is 1.23. The molecule has 16 heavy (non-hydrogen) atoms. The second-order valence-corrected chi connectivity index (χ2v) is 3.80. The summed E-state index contributed by atoms with van der Waals surface area (Å²) in [6.07, 6.45) is 5.19. The largest absolute Gasteiger partial charge is 0.378 e. The van der Waals surface area contributed by atoms with Crippen molar-refractivity contribution in [3.05, 3.63) is 29.8 Å². The van der Waals surface area contributed by atoms with Crippen molar-refractivity contribution in [1.29, 1.82) is 0 Å². The van der Waals surface area contributed by atoms with Crippen molar-refractivity contribution >= 4 is 11.6 Å². The number of carbonyl (C=O) groups excluding carboxylic acids is 1. The lowest BCUT2D eigenvalue weighted by molar-refractivity contribution is 0.0948. The topological polar surface area (TPSA) is 32.3 Å². The normalized spacial score (nSPS) is 11.4. The van der Waals surface area contributed by atoms with Gasteiger partial charge < -0.3 is 10.2 Å². The van der Waals surface area contributed by atoms with Gasteiger partial charge in [0.25, 0.3) is 5.91 Å². The van der Waals surface area contributed by atoms with E-state index in [1.165, 1.54) is 0 Å². The number of nitrogens with zero attached hydrogens (tertiary/aromatic N) is 1. The Kier molecular flexibility index (Phi) is 3.96. The van der Waals surface area contributed by atoms with E-state index >= 15 is 0 Å². The summed E-state index contributed by atoms with van der Waals surface area (Å²) >= 11 is 0. The number of amides is 1. The molecule has 1 N–H and O–H groups in total. The molecule has 3 nitrogen and oxygen atoms in total. The summed E-state index contributed by atoms with van der Waals surface area (Å²) in [6, 6.07) is 7.12. The maximum absolute atomic E-state index is 11.7. The molecular formula is C13H16N2O. The van der Waals surface area contributed by atoms with Gasteiger partial charge in [0, 0.05) is 25.3 Å². The van der Waals surface area contributed by atoms with Crippen LogP contribution >= 0.6 is 0 Å². The first-order valence-electron chi connectivity index (χ1n) is 5.09. The van der Waals surface area contributed by atoms with E-state index in [0.717, 1.165) is 5.69 Å². The van der Waals surface area contributed by atoms with E-state index in [2.05, 4.69) is 11.2 Å². The molecular weight excluding hydrogens is 200 g/mol. The Labute approximate surface area is 96.5 Å². The first-order chi connectivity index (χ1) is 7.54. The zero-order valence-corrected chi connectivity index (χ0v) is 9.82. The zero-order valence-electron chi connectivity index (χ0n) is 9.82. The molecule has 0 aliphatic rings. The smallest absolute Gasteiger partial charge is 0.252 e. The van der Waals surface area contributed by atoms with Crippen LogP contribution in [0.3, 0.4) is 0 Å². The van der Waals surface area contributed by atoms with Crippen molar-refractivity contribution in [3.8, 4) is 12.3 Å². The highest BCUT2D eigenvalue weighted by molar-refractivity contribution is 5.94. The molecule has 0 radical (unpaired) electrons. The number of anilines is 1. The predicted octanol–water partition coefficient (Wildman–Crippen LogP) is 1.50. The first-order valence-corrected chi connectivity index (χ1v) is 5.09. The van der Waals surface area contributed by atoms with Crippen LogP contribution in [-0.4, -0.2) is 26.0 Å². The molecule has 1 aromatic carbocycles. The standard InChI is InChI=1S/C13H16N2O/c1-5-10(2)14-13(16)11-6-8-12(9-7-11)15(3)4/h1,6-10H,2-4H3,(H,14,16). The Bertz CT molecular complexity index is 401. The quantitative estimate of drug-likeness (QED) is 0.777. The van der Waals surface area contributed by atoms with Gasteiger partial charge in [-0.15, -0.1) is 6.42 Å². The fourth-order valence-corrected chi connectivity index (χ4v) is 1.23. The molecule has 0 bridgehead atoms. The van der Waals surface area contributed by atoms with E-state index in [1.54, 1.807) is 19.1 Å². The Morgan fingerprint density at radius 1 is 1.38 bits per heavy atom. The summed E-state index contributed by atoms with van der Waals surface area (Å²) in [6.45, 7) is 1.77. The number of rotatable bonds is 3. The minimum Gasteiger partial charge on any atom is -0.378 e. The van der Waals surface area contributed by atoms with Gasteiger partial charge in [-0.3, -0.25) is 4.79 Å². The summed E-state index contributed by atoms with van der Waals surface area (Å²) in [4.78, 5) is 13.7. The highest BCUT2D eigenvalue weighted by Crippen LogP contribution is 2.12. The number of terminal acetylenes is 1. The third-order valence-electron chi connectivity index (χ3n) is 2.24. The first kappa shape index (κ1) is 12.1. The van der Waals surface area contributed by atoms with Crippen molar-refractivity contribution in [2.75, 3.05) is 19.0 Å². The van der Waals surface area contributed by atoms with Gasteiger partial charge in [-0.25, -0.2) is 0 Å². The second kappa shape index (κ2) is 5.22. The molecule has 3 heteroatoms. The van der Waals surface area contributed by atoms with Crippen LogP contribution in [0.25, 0.3) is 0 Å². The molecule has 1 rings (SSSR count). The average Bonchev–Trinajstić information content (AvgIpc) is 2.28. The van der Waals surface area contributed by atoms with Gasteiger partial charge in [0.05, 0.1) is 6.04 Å². The van der Waals surface area contributed by atoms with Crippen molar-refractivity contribution in [2.24, 2.45) is 0 Å². The molecule has 0 heterocycles. The van der Waals surface area contributed by atoms with Crippen LogP contribution in [0.4, 0.5) is 5.69 Å². The van der Waals surface area contributed by atoms with E-state index in [4.69, 9.17) is 6.42 Å². The Balaban J connectivity index is 2.75. The molecule has 1 atom stereocenters. The summed E-state index contributed by atoms with van der Waals surface area (Å²) in [5.41, 5.74) is 1.68. The Morgan fingerprint density at radius 2 is 1.94 bits per heavy atom. The third-order valence-corrected chi connectivity index (χ3v) is 2.24. The maximum Gasteiger partial charge on any atom is 0.252 e. The van der Waals surface area contributed by atoms with E-state index < -0.39 is 0 Å². The van der Waals surface area contributed by atoms with Crippen LogP contribution in [0.15, 0.2) is 24.3 Å². The van der Waals surface area contributed by atoms with E-state index in [-0.39, 0.29) is 11.9 Å². The zero-order chi connectivity index (χ0) is 12.1. The lowest BCUT2D eigenvalue weighted by Crippen LogP contribution is -2.31. The summed E-state index contributed by atoms with van der Waals surface area (Å²) in [7, 11) is 3.91. The minimum absolute atomic E-state index is 0.143. The molecule has 0 fully saturated rings. The van der Waals surface area contributed by atoms with Crippen LogP contribution in [0, 0.1) is 12.3 Å². The molecule has 0 spiro atoms. The lowest BCUT2D eigenvalue weighted by atomic mass is 10.2. The number of carbonyl (C=O) groups is 1. The van der Waals surface area contributed by atoms with Gasteiger partial charge >= 0.3 is 0 Å². The van der Waals surface area contributed by atoms with Gasteiger partial charge in [0.1, 0.15) is 0 Å². The second-order valence-electron chi connectivity index (χ2n) is 3.80. The van der Waals surface area contributed by atoms with Gasteiger partial charge in [-0.05, 0) is 31.2 Å². The molecule has 0 aliphatic carbocycles. The van der Waals surface area contributed by atoms with Gasteiger partial charge in [0.2, 0.25) is 0 Å². The fraction of sp³-hybridized carbons (Fsp3) is 0.308. The minimum atomic E-state index is -0.249. The molecule has 0 aliphatic heterocycles. The average molecular weight is 216 g/mol. The molecule has 84 valence electrons. The van der Waals surface area contributed by atoms with E-state index in [0.29, 0.717) is 5.56 Å².